The Balaban J connectivity index is 1.51. The van der Waals surface area contributed by atoms with Crippen molar-refractivity contribution in [3.63, 3.8) is 0 Å². The predicted molar refractivity (Wildman–Crippen MR) is 88.5 cm³/mol. The molecule has 0 radical (unpaired) electrons. The molecule has 0 aromatic carbocycles. The van der Waals surface area contributed by atoms with Gasteiger partial charge in [0.05, 0.1) is 5.56 Å². The molecule has 2 atom stereocenters. The number of hydrogen-bond acceptors (Lipinski definition) is 3. The van der Waals surface area contributed by atoms with Gasteiger partial charge in [-0.1, -0.05) is 12.2 Å². The summed E-state index contributed by atoms with van der Waals surface area (Å²) in [5.74, 6) is 0.742. The van der Waals surface area contributed by atoms with E-state index < -0.39 is 0 Å². The topological polar surface area (TPSA) is 56.4 Å². The molecule has 3 heterocycles. The molecule has 0 spiro atoms. The molecule has 5 nitrogen and oxygen atoms in total. The third-order valence-corrected chi connectivity index (χ3v) is 5.68. The molecule has 3 fully saturated rings. The average molecular weight is 331 g/mol. The van der Waals surface area contributed by atoms with E-state index in [2.05, 4.69) is 9.88 Å². The smallest absolute Gasteiger partial charge is 0.256 e. The number of carbonyl (C=O) groups is 2. The highest BCUT2D eigenvalue weighted by Crippen LogP contribution is 2.39. The molecule has 2 aliphatic heterocycles. The lowest BCUT2D eigenvalue weighted by atomic mass is 9.83. The van der Waals surface area contributed by atoms with E-state index in [1.807, 2.05) is 11.0 Å². The van der Waals surface area contributed by atoms with E-state index in [0.29, 0.717) is 47.1 Å². The van der Waals surface area contributed by atoms with Crippen molar-refractivity contribution >= 4 is 24.0 Å². The van der Waals surface area contributed by atoms with Crippen LogP contribution in [0.1, 0.15) is 42.5 Å². The summed E-state index contributed by atoms with van der Waals surface area (Å²) in [6, 6.07) is 4.40. The zero-order valence-electron chi connectivity index (χ0n) is 13.0. The number of H-pyrrole nitrogens is 1. The van der Waals surface area contributed by atoms with Crippen molar-refractivity contribution in [1.82, 2.24) is 14.8 Å². The summed E-state index contributed by atoms with van der Waals surface area (Å²) in [6.45, 7) is 1.45. The number of nitrogens with one attached hydrogen (secondary N) is 1. The predicted octanol–water partition coefficient (Wildman–Crippen LogP) is 2.36. The summed E-state index contributed by atoms with van der Waals surface area (Å²) < 4.78 is 0.498. The van der Waals surface area contributed by atoms with Crippen molar-refractivity contribution < 1.29 is 9.59 Å². The van der Waals surface area contributed by atoms with E-state index >= 15 is 0 Å². The maximum atomic E-state index is 12.7. The van der Waals surface area contributed by atoms with Crippen LogP contribution in [-0.4, -0.2) is 51.8 Å². The van der Waals surface area contributed by atoms with Crippen LogP contribution in [0.15, 0.2) is 18.3 Å². The molecule has 4 rings (SSSR count). The van der Waals surface area contributed by atoms with Crippen LogP contribution in [0.5, 0.6) is 0 Å². The van der Waals surface area contributed by atoms with Gasteiger partial charge in [-0.25, -0.2) is 0 Å². The van der Waals surface area contributed by atoms with Gasteiger partial charge in [-0.05, 0) is 43.7 Å². The van der Waals surface area contributed by atoms with Crippen LogP contribution in [0.2, 0.25) is 0 Å². The standard InChI is InChI=1S/C17H21N3O2S/c21-15-6-3-11-10-19(9-7-14(11)20(15)12-4-5-12)17(22)13-2-1-8-18-16(13)23/h1-2,8,11-12,14H,3-7,9-10H2,(H,18,23)/t11-,14+/m0/s1. The molecular weight excluding hydrogens is 310 g/mol. The molecule has 1 aromatic rings. The van der Waals surface area contributed by atoms with Crippen LogP contribution in [0.3, 0.4) is 0 Å². The number of piperidine rings is 2. The molecule has 2 amide bonds. The van der Waals surface area contributed by atoms with Crippen LogP contribution in [0.25, 0.3) is 0 Å². The fraction of sp³-hybridized carbons (Fsp3) is 0.588. The van der Waals surface area contributed by atoms with Crippen LogP contribution in [-0.2, 0) is 4.79 Å². The van der Waals surface area contributed by atoms with Crippen molar-refractivity contribution in [2.45, 2.75) is 44.2 Å². The van der Waals surface area contributed by atoms with Gasteiger partial charge in [-0.15, -0.1) is 0 Å². The first-order valence-electron chi connectivity index (χ1n) is 8.43. The third-order valence-electron chi connectivity index (χ3n) is 5.34. The minimum Gasteiger partial charge on any atom is -0.352 e. The Morgan fingerprint density at radius 3 is 2.83 bits per heavy atom. The first-order valence-corrected chi connectivity index (χ1v) is 8.84. The largest absolute Gasteiger partial charge is 0.352 e. The molecule has 0 bridgehead atoms. The molecule has 0 unspecified atom stereocenters. The number of nitrogens with zero attached hydrogens (tertiary/aromatic N) is 2. The van der Waals surface area contributed by atoms with Gasteiger partial charge in [0.1, 0.15) is 4.64 Å². The van der Waals surface area contributed by atoms with Gasteiger partial charge in [0.25, 0.3) is 5.91 Å². The summed E-state index contributed by atoms with van der Waals surface area (Å²) in [5, 5.41) is 0. The minimum absolute atomic E-state index is 0.0140. The SMILES string of the molecule is O=C(c1ccc[nH]c1=S)N1CC[C@@H]2[C@@H](CCC(=O)N2C2CC2)C1. The van der Waals surface area contributed by atoms with Gasteiger partial charge in [-0.3, -0.25) is 9.59 Å². The van der Waals surface area contributed by atoms with Crippen molar-refractivity contribution in [1.29, 1.82) is 0 Å². The van der Waals surface area contributed by atoms with E-state index in [-0.39, 0.29) is 5.91 Å². The number of hydrogen-bond donors (Lipinski definition) is 1. The molecule has 122 valence electrons. The first kappa shape index (κ1) is 14.9. The number of aromatic nitrogens is 1. The highest BCUT2D eigenvalue weighted by molar-refractivity contribution is 7.71. The zero-order chi connectivity index (χ0) is 16.0. The molecular formula is C17H21N3O2S. The van der Waals surface area contributed by atoms with Gasteiger partial charge >= 0.3 is 0 Å². The average Bonchev–Trinajstić information content (AvgIpc) is 3.39. The molecule has 1 aromatic heterocycles. The van der Waals surface area contributed by atoms with Crippen LogP contribution >= 0.6 is 12.2 Å². The number of rotatable bonds is 2. The maximum Gasteiger partial charge on any atom is 0.256 e. The zero-order valence-corrected chi connectivity index (χ0v) is 13.8. The number of amides is 2. The van der Waals surface area contributed by atoms with Crippen molar-refractivity contribution in [3.05, 3.63) is 28.5 Å². The minimum atomic E-state index is 0.0140. The number of aromatic amines is 1. The highest BCUT2D eigenvalue weighted by atomic mass is 32.1. The fourth-order valence-corrected chi connectivity index (χ4v) is 4.29. The summed E-state index contributed by atoms with van der Waals surface area (Å²) in [6.07, 6.45) is 6.46. The monoisotopic (exact) mass is 331 g/mol. The molecule has 1 aliphatic carbocycles. The van der Waals surface area contributed by atoms with E-state index in [9.17, 15) is 9.59 Å². The fourth-order valence-electron chi connectivity index (χ4n) is 4.06. The number of carbonyl (C=O) groups excluding carboxylic acids is 2. The Morgan fingerprint density at radius 1 is 1.26 bits per heavy atom. The van der Waals surface area contributed by atoms with Crippen LogP contribution < -0.4 is 0 Å². The Hall–Kier alpha value is -1.69. The van der Waals surface area contributed by atoms with Crippen LogP contribution in [0.4, 0.5) is 0 Å². The molecule has 23 heavy (non-hydrogen) atoms. The van der Waals surface area contributed by atoms with Crippen molar-refractivity contribution in [2.24, 2.45) is 5.92 Å². The van der Waals surface area contributed by atoms with E-state index in [4.69, 9.17) is 12.2 Å². The van der Waals surface area contributed by atoms with E-state index in [1.54, 1.807) is 12.3 Å². The lowest BCUT2D eigenvalue weighted by Crippen LogP contribution is -2.57. The second kappa shape index (κ2) is 5.74. The van der Waals surface area contributed by atoms with Crippen molar-refractivity contribution in [2.75, 3.05) is 13.1 Å². The quantitative estimate of drug-likeness (QED) is 0.847. The Bertz CT molecular complexity index is 697. The molecule has 6 heteroatoms. The molecule has 3 aliphatic rings. The summed E-state index contributed by atoms with van der Waals surface area (Å²) in [7, 11) is 0. The molecule has 1 N–H and O–H groups in total. The number of pyridine rings is 1. The van der Waals surface area contributed by atoms with Gasteiger partial charge in [0, 0.05) is 37.8 Å². The lowest BCUT2D eigenvalue weighted by molar-refractivity contribution is -0.141. The highest BCUT2D eigenvalue weighted by Gasteiger charge is 2.45. The Labute approximate surface area is 140 Å². The number of likely N-dealkylation sites (tertiary alicyclic amines) is 2. The third kappa shape index (κ3) is 2.69. The van der Waals surface area contributed by atoms with Crippen molar-refractivity contribution in [3.8, 4) is 0 Å². The Kier molecular flexibility index (Phi) is 3.71. The Morgan fingerprint density at radius 2 is 2.09 bits per heavy atom. The summed E-state index contributed by atoms with van der Waals surface area (Å²) in [4.78, 5) is 32.0. The van der Waals surface area contributed by atoms with Gasteiger partial charge in [-0.2, -0.15) is 0 Å². The number of fused-ring (bicyclic) bond motifs is 1. The summed E-state index contributed by atoms with van der Waals surface area (Å²) >= 11 is 5.23. The summed E-state index contributed by atoms with van der Waals surface area (Å²) in [5.41, 5.74) is 0.576. The normalized spacial score (nSPS) is 27.7. The lowest BCUT2D eigenvalue weighted by Gasteiger charge is -2.47. The van der Waals surface area contributed by atoms with Crippen LogP contribution in [0, 0.1) is 10.6 Å². The van der Waals surface area contributed by atoms with E-state index in [1.165, 1.54) is 0 Å². The molecule has 2 saturated heterocycles. The second-order valence-electron chi connectivity index (χ2n) is 6.85. The van der Waals surface area contributed by atoms with E-state index in [0.717, 1.165) is 32.2 Å². The molecule has 1 saturated carbocycles. The second-order valence-corrected chi connectivity index (χ2v) is 7.26. The van der Waals surface area contributed by atoms with Gasteiger partial charge in [0.2, 0.25) is 5.91 Å². The van der Waals surface area contributed by atoms with Gasteiger partial charge in [0.15, 0.2) is 0 Å². The van der Waals surface area contributed by atoms with Gasteiger partial charge < -0.3 is 14.8 Å². The maximum absolute atomic E-state index is 12.7. The first-order chi connectivity index (χ1) is 11.1.